The van der Waals surface area contributed by atoms with Crippen LogP contribution in [0.25, 0.3) is 0 Å². The van der Waals surface area contributed by atoms with Crippen molar-refractivity contribution in [2.45, 2.75) is 20.8 Å². The van der Waals surface area contributed by atoms with Gasteiger partial charge in [0.05, 0.1) is 9.85 Å². The molecule has 0 atom stereocenters. The summed E-state index contributed by atoms with van der Waals surface area (Å²) in [5.41, 5.74) is 1.64. The molecule has 0 unspecified atom stereocenters. The predicted molar refractivity (Wildman–Crippen MR) is 162 cm³/mol. The number of hydrogen-bond donors (Lipinski definition) is 4. The summed E-state index contributed by atoms with van der Waals surface area (Å²) in [6, 6.07) is 16.7. The average Bonchev–Trinajstić information content (AvgIpc) is 2.98. The number of aromatic hydroxyl groups is 4. The van der Waals surface area contributed by atoms with Crippen molar-refractivity contribution < 1.29 is 47.1 Å². The summed E-state index contributed by atoms with van der Waals surface area (Å²) in [6.45, 7) is 7.45. The summed E-state index contributed by atoms with van der Waals surface area (Å²) in [5, 5.41) is 75.5. The van der Waals surface area contributed by atoms with Crippen molar-refractivity contribution in [2.24, 2.45) is 20.5 Å². The second-order valence-electron chi connectivity index (χ2n) is 9.10. The van der Waals surface area contributed by atoms with Gasteiger partial charge in [-0.2, -0.15) is 0 Å². The summed E-state index contributed by atoms with van der Waals surface area (Å²) in [5.74, 6) is -0.582. The fourth-order valence-corrected chi connectivity index (χ4v) is 3.73. The first kappa shape index (κ1) is 35.6. The van der Waals surface area contributed by atoms with E-state index in [2.05, 4.69) is 25.4 Å². The zero-order chi connectivity index (χ0) is 32.4. The number of hydrogen-bond acceptors (Lipinski definition) is 13. The molecule has 4 rings (SSSR count). The number of phenolic OH excluding ortho intramolecular Hbond substituents is 4. The minimum Gasteiger partial charge on any atom is -0.506 e. The Kier molecular flexibility index (Phi) is 12.9. The maximum absolute atomic E-state index is 10.8. The van der Waals surface area contributed by atoms with Gasteiger partial charge < -0.3 is 25.3 Å². The van der Waals surface area contributed by atoms with E-state index in [-0.39, 0.29) is 73.9 Å². The SMILES string of the molecule is CCN(CC)c1ccc(N=Nc2cc([N+](=O)[O-])ccc2O)c(O)c1.Cc1ccc(N=Nc2cc([N+](=O)[O-])ccc2O)c(O)c1.[Co]. The van der Waals surface area contributed by atoms with Gasteiger partial charge in [-0.3, -0.25) is 20.2 Å². The molecule has 0 aliphatic rings. The number of nitro benzene ring substituents is 2. The number of nitrogens with zero attached hydrogens (tertiary/aromatic N) is 7. The quantitative estimate of drug-likeness (QED) is 0.0773. The first-order valence-electron chi connectivity index (χ1n) is 13.1. The molecule has 0 aromatic heterocycles. The van der Waals surface area contributed by atoms with Crippen molar-refractivity contribution in [1.82, 2.24) is 0 Å². The molecule has 0 heterocycles. The fourth-order valence-electron chi connectivity index (χ4n) is 3.73. The second-order valence-corrected chi connectivity index (χ2v) is 9.10. The van der Waals surface area contributed by atoms with Crippen molar-refractivity contribution in [3.05, 3.63) is 98.6 Å². The third-order valence-electron chi connectivity index (χ3n) is 6.09. The van der Waals surface area contributed by atoms with Gasteiger partial charge in [0.1, 0.15) is 45.7 Å². The van der Waals surface area contributed by atoms with Crippen LogP contribution in [0.3, 0.4) is 0 Å². The Bertz CT molecular complexity index is 1730. The Morgan fingerprint density at radius 1 is 0.600 bits per heavy atom. The minimum absolute atomic E-state index is 0. The number of anilines is 1. The molecule has 0 saturated carbocycles. The molecule has 0 fully saturated rings. The van der Waals surface area contributed by atoms with Crippen LogP contribution in [0.1, 0.15) is 19.4 Å². The second kappa shape index (κ2) is 16.3. The van der Waals surface area contributed by atoms with Gasteiger partial charge in [0.2, 0.25) is 0 Å². The standard InChI is InChI=1S/C16H18N4O4.C13H11N3O4.Co/c1-3-19(4-2)11-5-7-13(16(22)10-11)17-18-14-9-12(20(23)24)6-8-15(14)21;1-8-2-4-10(13(18)6-8)14-15-11-7-9(16(19)20)3-5-12(11)17;/h5-10,21-22H,3-4H2,1-2H3;2-7,17-18H,1H3;. The molecular weight excluding hydrogens is 633 g/mol. The van der Waals surface area contributed by atoms with Gasteiger partial charge in [0, 0.05) is 65.9 Å². The molecule has 0 amide bonds. The van der Waals surface area contributed by atoms with E-state index < -0.39 is 9.85 Å². The van der Waals surface area contributed by atoms with Crippen molar-refractivity contribution in [3.8, 4) is 23.0 Å². The van der Waals surface area contributed by atoms with Crippen LogP contribution in [-0.2, 0) is 16.8 Å². The molecule has 0 bridgehead atoms. The number of nitro groups is 2. The molecular formula is C29H29CoN7O8. The van der Waals surface area contributed by atoms with E-state index in [0.717, 1.165) is 42.5 Å². The Balaban J connectivity index is 0.000000311. The molecule has 0 saturated heterocycles. The van der Waals surface area contributed by atoms with Gasteiger partial charge in [-0.25, -0.2) is 0 Å². The summed E-state index contributed by atoms with van der Waals surface area (Å²) < 4.78 is 0. The molecule has 45 heavy (non-hydrogen) atoms. The summed E-state index contributed by atoms with van der Waals surface area (Å²) >= 11 is 0. The molecule has 4 aromatic carbocycles. The average molecular weight is 663 g/mol. The van der Waals surface area contributed by atoms with E-state index in [4.69, 9.17) is 0 Å². The van der Waals surface area contributed by atoms with Gasteiger partial charge in [0.15, 0.2) is 0 Å². The molecule has 15 nitrogen and oxygen atoms in total. The third-order valence-corrected chi connectivity index (χ3v) is 6.09. The molecule has 0 aliphatic carbocycles. The number of aryl methyl sites for hydroxylation is 1. The molecule has 0 spiro atoms. The number of rotatable bonds is 9. The first-order valence-corrected chi connectivity index (χ1v) is 13.1. The van der Waals surface area contributed by atoms with Gasteiger partial charge in [-0.05, 0) is 62.7 Å². The number of non-ortho nitro benzene ring substituents is 2. The van der Waals surface area contributed by atoms with Crippen LogP contribution in [0, 0.1) is 27.2 Å². The summed E-state index contributed by atoms with van der Waals surface area (Å²) in [6.07, 6.45) is 0. The number of phenols is 4. The summed E-state index contributed by atoms with van der Waals surface area (Å²) in [4.78, 5) is 22.3. The molecule has 4 N–H and O–H groups in total. The maximum Gasteiger partial charge on any atom is 0.271 e. The largest absolute Gasteiger partial charge is 0.506 e. The van der Waals surface area contributed by atoms with Crippen molar-refractivity contribution in [2.75, 3.05) is 18.0 Å². The zero-order valence-electron chi connectivity index (χ0n) is 24.2. The monoisotopic (exact) mass is 662 g/mol. The Hall–Kier alpha value is -5.61. The van der Waals surface area contributed by atoms with Gasteiger partial charge in [-0.15, -0.1) is 20.5 Å². The van der Waals surface area contributed by atoms with E-state index in [1.54, 1.807) is 30.3 Å². The fraction of sp³-hybridized carbons (Fsp3) is 0.172. The summed E-state index contributed by atoms with van der Waals surface area (Å²) in [7, 11) is 0. The van der Waals surface area contributed by atoms with Crippen molar-refractivity contribution in [3.63, 3.8) is 0 Å². The normalized spacial score (nSPS) is 10.6. The van der Waals surface area contributed by atoms with Crippen LogP contribution in [0.2, 0.25) is 0 Å². The number of benzene rings is 4. The molecule has 4 aromatic rings. The van der Waals surface area contributed by atoms with Crippen LogP contribution >= 0.6 is 0 Å². The topological polar surface area (TPSA) is 220 Å². The van der Waals surface area contributed by atoms with E-state index in [9.17, 15) is 40.7 Å². The smallest absolute Gasteiger partial charge is 0.271 e. The van der Waals surface area contributed by atoms with E-state index in [0.29, 0.717) is 0 Å². The molecule has 1 radical (unpaired) electrons. The molecule has 0 aliphatic heterocycles. The minimum atomic E-state index is -0.595. The zero-order valence-corrected chi connectivity index (χ0v) is 25.3. The Labute approximate surface area is 267 Å². The van der Waals surface area contributed by atoms with Crippen LogP contribution < -0.4 is 4.90 Å². The van der Waals surface area contributed by atoms with E-state index in [1.807, 2.05) is 20.8 Å². The van der Waals surface area contributed by atoms with Crippen LogP contribution in [0.4, 0.5) is 39.8 Å². The Morgan fingerprint density at radius 2 is 1.02 bits per heavy atom. The van der Waals surface area contributed by atoms with Crippen molar-refractivity contribution in [1.29, 1.82) is 0 Å². The predicted octanol–water partition coefficient (Wildman–Crippen LogP) is 7.99. The maximum atomic E-state index is 10.8. The van der Waals surface area contributed by atoms with Crippen LogP contribution in [0.15, 0.2) is 93.3 Å². The van der Waals surface area contributed by atoms with Crippen LogP contribution in [-0.4, -0.2) is 43.4 Å². The van der Waals surface area contributed by atoms with Gasteiger partial charge in [-0.1, -0.05) is 6.07 Å². The van der Waals surface area contributed by atoms with Gasteiger partial charge in [0.25, 0.3) is 11.4 Å². The first-order chi connectivity index (χ1) is 20.9. The molecule has 237 valence electrons. The third kappa shape index (κ3) is 9.70. The van der Waals surface area contributed by atoms with E-state index in [1.165, 1.54) is 24.3 Å². The van der Waals surface area contributed by atoms with Crippen LogP contribution in [0.5, 0.6) is 23.0 Å². The van der Waals surface area contributed by atoms with Crippen molar-refractivity contribution >= 4 is 39.8 Å². The molecule has 16 heteroatoms. The van der Waals surface area contributed by atoms with Gasteiger partial charge >= 0.3 is 0 Å². The Morgan fingerprint density at radius 3 is 1.42 bits per heavy atom. The van der Waals surface area contributed by atoms with E-state index >= 15 is 0 Å². The number of azo groups is 2.